The first-order chi connectivity index (χ1) is 12.7. The minimum Gasteiger partial charge on any atom is -0.337 e. The summed E-state index contributed by atoms with van der Waals surface area (Å²) in [7, 11) is 1.99. The molecule has 5 heteroatoms. The second kappa shape index (κ2) is 5.75. The second-order valence-electron chi connectivity index (χ2n) is 6.16. The highest BCUT2D eigenvalue weighted by molar-refractivity contribution is 8.03. The van der Waals surface area contributed by atoms with Gasteiger partial charge in [-0.2, -0.15) is 0 Å². The molecule has 2 aliphatic heterocycles. The van der Waals surface area contributed by atoms with Crippen molar-refractivity contribution in [2.75, 3.05) is 11.9 Å². The van der Waals surface area contributed by atoms with Gasteiger partial charge in [0.25, 0.3) is 0 Å². The Morgan fingerprint density at radius 3 is 2.58 bits per heavy atom. The number of anilines is 1. The molecule has 5 rings (SSSR count). The van der Waals surface area contributed by atoms with Gasteiger partial charge >= 0.3 is 5.97 Å². The van der Waals surface area contributed by atoms with E-state index in [1.165, 1.54) is 10.8 Å². The van der Waals surface area contributed by atoms with Crippen LogP contribution in [0.5, 0.6) is 0 Å². The predicted octanol–water partition coefficient (Wildman–Crippen LogP) is 4.55. The number of rotatable bonds is 1. The van der Waals surface area contributed by atoms with Crippen LogP contribution in [0.15, 0.2) is 87.4 Å². The molecule has 0 spiro atoms. The Bertz CT molecular complexity index is 1120. The van der Waals surface area contributed by atoms with E-state index in [4.69, 9.17) is 4.84 Å². The number of benzene rings is 3. The fourth-order valence-electron chi connectivity index (χ4n) is 3.41. The number of nitrogens with zero attached hydrogens (tertiary/aromatic N) is 2. The summed E-state index contributed by atoms with van der Waals surface area (Å²) in [5.74, 6) is -0.407. The van der Waals surface area contributed by atoms with Gasteiger partial charge in [-0.25, -0.2) is 4.79 Å². The molecule has 0 bridgehead atoms. The fraction of sp³-hybridized carbons (Fsp3) is 0.0476. The zero-order valence-electron chi connectivity index (χ0n) is 14.0. The molecule has 0 N–H and O–H groups in total. The van der Waals surface area contributed by atoms with Crippen molar-refractivity contribution >= 4 is 39.9 Å². The average Bonchev–Trinajstić information content (AvgIpc) is 3.22. The molecule has 3 aromatic rings. The van der Waals surface area contributed by atoms with E-state index in [0.29, 0.717) is 11.3 Å². The summed E-state index contributed by atoms with van der Waals surface area (Å²) in [5.41, 5.74) is 3.09. The Balaban J connectivity index is 1.69. The van der Waals surface area contributed by atoms with Crippen molar-refractivity contribution in [2.45, 2.75) is 4.90 Å². The maximum absolute atomic E-state index is 12.5. The van der Waals surface area contributed by atoms with Gasteiger partial charge in [-0.15, -0.1) is 0 Å². The standard InChI is InChI=1S/C21H14N2O2S/c1-23-19-15-10-6-5-7-13(15)11-12-16(19)26-20(23)17-18(22-25-21(17)24)14-8-3-2-4-9-14/h2-12H,1H3. The van der Waals surface area contributed by atoms with Crippen LogP contribution in [-0.4, -0.2) is 18.7 Å². The molecule has 4 nitrogen and oxygen atoms in total. The molecule has 0 amide bonds. The second-order valence-corrected chi connectivity index (χ2v) is 7.19. The molecule has 3 aromatic carbocycles. The minimum atomic E-state index is -0.407. The lowest BCUT2D eigenvalue weighted by atomic mass is 10.0. The average molecular weight is 358 g/mol. The first-order valence-electron chi connectivity index (χ1n) is 8.27. The number of hydrogen-bond acceptors (Lipinski definition) is 5. The normalized spacial score (nSPS) is 18.9. The van der Waals surface area contributed by atoms with E-state index >= 15 is 0 Å². The van der Waals surface area contributed by atoms with E-state index in [1.807, 2.05) is 49.5 Å². The van der Waals surface area contributed by atoms with Gasteiger partial charge in [0, 0.05) is 22.9 Å². The highest BCUT2D eigenvalue weighted by Gasteiger charge is 2.36. The summed E-state index contributed by atoms with van der Waals surface area (Å²) in [6, 6.07) is 22.1. The molecule has 0 saturated heterocycles. The van der Waals surface area contributed by atoms with Crippen LogP contribution in [0.25, 0.3) is 10.8 Å². The van der Waals surface area contributed by atoms with E-state index < -0.39 is 5.97 Å². The molecule has 2 heterocycles. The van der Waals surface area contributed by atoms with Crippen molar-refractivity contribution in [3.8, 4) is 0 Å². The summed E-state index contributed by atoms with van der Waals surface area (Å²) in [4.78, 5) is 20.7. The van der Waals surface area contributed by atoms with Gasteiger partial charge in [-0.3, -0.25) is 0 Å². The monoisotopic (exact) mass is 358 g/mol. The van der Waals surface area contributed by atoms with Crippen LogP contribution in [0.2, 0.25) is 0 Å². The van der Waals surface area contributed by atoms with Crippen LogP contribution in [0.3, 0.4) is 0 Å². The predicted molar refractivity (Wildman–Crippen MR) is 104 cm³/mol. The summed E-state index contributed by atoms with van der Waals surface area (Å²) in [6.07, 6.45) is 0. The molecular formula is C21H14N2O2S. The molecule has 0 fully saturated rings. The van der Waals surface area contributed by atoms with E-state index in [1.54, 1.807) is 11.8 Å². The number of fused-ring (bicyclic) bond motifs is 3. The lowest BCUT2D eigenvalue weighted by Crippen LogP contribution is -2.18. The Labute approximate surface area is 154 Å². The van der Waals surface area contributed by atoms with E-state index in [-0.39, 0.29) is 0 Å². The van der Waals surface area contributed by atoms with E-state index in [2.05, 4.69) is 34.3 Å². The van der Waals surface area contributed by atoms with Gasteiger partial charge in [-0.1, -0.05) is 77.6 Å². The molecule has 0 radical (unpaired) electrons. The summed E-state index contributed by atoms with van der Waals surface area (Å²) in [5, 5.41) is 7.23. The van der Waals surface area contributed by atoms with Crippen LogP contribution in [0.1, 0.15) is 5.56 Å². The maximum atomic E-state index is 12.5. The van der Waals surface area contributed by atoms with Crippen LogP contribution in [-0.2, 0) is 9.63 Å². The molecule has 126 valence electrons. The lowest BCUT2D eigenvalue weighted by molar-refractivity contribution is -0.136. The zero-order valence-corrected chi connectivity index (χ0v) is 14.8. The third-order valence-corrected chi connectivity index (χ3v) is 5.85. The Morgan fingerprint density at radius 1 is 0.962 bits per heavy atom. The highest BCUT2D eigenvalue weighted by Crippen LogP contribution is 2.50. The Hall–Kier alpha value is -3.05. The zero-order chi connectivity index (χ0) is 17.7. The smallest absolute Gasteiger partial charge is 0.337 e. The summed E-state index contributed by atoms with van der Waals surface area (Å²) >= 11 is 1.58. The molecule has 2 aliphatic rings. The van der Waals surface area contributed by atoms with Gasteiger partial charge in [0.05, 0.1) is 10.7 Å². The molecule has 0 saturated carbocycles. The maximum Gasteiger partial charge on any atom is 0.370 e. The van der Waals surface area contributed by atoms with Crippen molar-refractivity contribution in [2.24, 2.45) is 5.16 Å². The van der Waals surface area contributed by atoms with Gasteiger partial charge in [0.1, 0.15) is 11.3 Å². The molecule has 26 heavy (non-hydrogen) atoms. The third-order valence-electron chi connectivity index (χ3n) is 4.63. The number of oxime groups is 1. The summed E-state index contributed by atoms with van der Waals surface area (Å²) in [6.45, 7) is 0. The van der Waals surface area contributed by atoms with Crippen molar-refractivity contribution in [1.82, 2.24) is 0 Å². The van der Waals surface area contributed by atoms with Crippen LogP contribution in [0, 0.1) is 0 Å². The SMILES string of the molecule is CN1C(=C2C(=O)ON=C2c2ccccc2)Sc2ccc3ccccc3c21. The summed E-state index contributed by atoms with van der Waals surface area (Å²) < 4.78 is 0. The number of carbonyl (C=O) groups is 1. The van der Waals surface area contributed by atoms with Crippen molar-refractivity contribution in [1.29, 1.82) is 0 Å². The first-order valence-corrected chi connectivity index (χ1v) is 9.08. The van der Waals surface area contributed by atoms with E-state index in [9.17, 15) is 4.79 Å². The molecule has 0 aliphatic carbocycles. The van der Waals surface area contributed by atoms with Gasteiger partial charge in [-0.05, 0) is 11.5 Å². The van der Waals surface area contributed by atoms with Crippen LogP contribution < -0.4 is 4.90 Å². The number of hydrogen-bond donors (Lipinski definition) is 0. The van der Waals surface area contributed by atoms with Crippen molar-refractivity contribution in [3.63, 3.8) is 0 Å². The Morgan fingerprint density at radius 2 is 1.73 bits per heavy atom. The third kappa shape index (κ3) is 2.17. The molecule has 0 unspecified atom stereocenters. The lowest BCUT2D eigenvalue weighted by Gasteiger charge is -2.17. The first kappa shape index (κ1) is 15.2. The number of carbonyl (C=O) groups excluding carboxylic acids is 1. The van der Waals surface area contributed by atoms with Gasteiger partial charge < -0.3 is 9.74 Å². The van der Waals surface area contributed by atoms with Gasteiger partial charge in [0.2, 0.25) is 0 Å². The minimum absolute atomic E-state index is 0.407. The van der Waals surface area contributed by atoms with Gasteiger partial charge in [0.15, 0.2) is 0 Å². The topological polar surface area (TPSA) is 41.9 Å². The van der Waals surface area contributed by atoms with Crippen LogP contribution >= 0.6 is 11.8 Å². The molecule has 0 atom stereocenters. The quantitative estimate of drug-likeness (QED) is 0.473. The fourth-order valence-corrected chi connectivity index (χ4v) is 4.61. The highest BCUT2D eigenvalue weighted by atomic mass is 32.2. The largest absolute Gasteiger partial charge is 0.370 e. The van der Waals surface area contributed by atoms with Crippen molar-refractivity contribution < 1.29 is 9.63 Å². The molecule has 0 aromatic heterocycles. The van der Waals surface area contributed by atoms with Crippen LogP contribution in [0.4, 0.5) is 5.69 Å². The number of thioether (sulfide) groups is 1. The Kier molecular flexibility index (Phi) is 3.36. The van der Waals surface area contributed by atoms with E-state index in [0.717, 1.165) is 21.2 Å². The molecular weight excluding hydrogens is 344 g/mol. The van der Waals surface area contributed by atoms with Crippen molar-refractivity contribution in [3.05, 3.63) is 82.9 Å².